The number of likely N-dealkylation sites (tertiary alicyclic amines) is 1. The van der Waals surface area contributed by atoms with Gasteiger partial charge in [0.1, 0.15) is 17.2 Å². The molecule has 1 aromatic rings. The third-order valence-electron chi connectivity index (χ3n) is 3.24. The minimum Gasteiger partial charge on any atom is -0.484 e. The van der Waals surface area contributed by atoms with Gasteiger partial charge in [0.25, 0.3) is 11.8 Å². The molecule has 0 radical (unpaired) electrons. The number of halogens is 1. The van der Waals surface area contributed by atoms with Crippen molar-refractivity contribution in [2.24, 2.45) is 0 Å². The summed E-state index contributed by atoms with van der Waals surface area (Å²) in [6.07, 6.45) is 0. The fourth-order valence-corrected chi connectivity index (χ4v) is 3.44. The number of carboxylic acids is 1. The fourth-order valence-electron chi connectivity index (χ4n) is 2.15. The zero-order valence-electron chi connectivity index (χ0n) is 13.0. The number of hydrogen-bond donors (Lipinski definition) is 2. The van der Waals surface area contributed by atoms with Crippen molar-refractivity contribution in [2.75, 3.05) is 6.61 Å². The molecule has 10 heteroatoms. The zero-order chi connectivity index (χ0) is 18.6. The van der Waals surface area contributed by atoms with Crippen LogP contribution in [-0.2, 0) is 19.2 Å². The summed E-state index contributed by atoms with van der Waals surface area (Å²) in [5.74, 6) is -2.17. The molecule has 1 aliphatic rings. The fraction of sp³-hybridized carbons (Fsp3) is 0.333. The van der Waals surface area contributed by atoms with Crippen molar-refractivity contribution < 1.29 is 29.0 Å². The van der Waals surface area contributed by atoms with Crippen LogP contribution in [0.3, 0.4) is 0 Å². The molecule has 8 nitrogen and oxygen atoms in total. The molecule has 0 saturated carbocycles. The highest BCUT2D eigenvalue weighted by molar-refractivity contribution is 8.14. The molecule has 2 rings (SSSR count). The lowest BCUT2D eigenvalue weighted by Crippen LogP contribution is -2.72. The third kappa shape index (κ3) is 4.64. The van der Waals surface area contributed by atoms with Crippen LogP contribution in [0, 0.1) is 0 Å². The van der Waals surface area contributed by atoms with Crippen LogP contribution in [0.1, 0.15) is 6.92 Å². The monoisotopic (exact) mass is 386 g/mol. The quantitative estimate of drug-likeness (QED) is 0.402. The first-order valence-corrected chi connectivity index (χ1v) is 8.46. The van der Waals surface area contributed by atoms with Crippen LogP contribution >= 0.6 is 23.4 Å². The van der Waals surface area contributed by atoms with Gasteiger partial charge in [0, 0.05) is 6.92 Å². The number of alkyl halides is 1. The molecule has 0 aromatic heterocycles. The number of amides is 2. The highest BCUT2D eigenvalue weighted by Gasteiger charge is 2.53. The Morgan fingerprint density at radius 2 is 2.00 bits per heavy atom. The number of aliphatic carboxylic acids is 1. The molecule has 1 heterocycles. The number of nitrogens with zero attached hydrogens (tertiary/aromatic N) is 1. The standard InChI is InChI=1S/C15H15ClN2O6S/c1-8(19)25-14-11(13(21)18(14)12(16)15(22)23)17-10(20)7-24-9-5-3-2-4-6-9/h2-6,11-12,14H,7H2,1H3,(H,17,20)(H,22,23)/t11-,12?,14-/m1/s1. The summed E-state index contributed by atoms with van der Waals surface area (Å²) < 4.78 is 5.27. The minimum absolute atomic E-state index is 0.325. The van der Waals surface area contributed by atoms with Crippen molar-refractivity contribution in [1.82, 2.24) is 10.2 Å². The van der Waals surface area contributed by atoms with Gasteiger partial charge in [0.05, 0.1) is 0 Å². The Morgan fingerprint density at radius 1 is 1.36 bits per heavy atom. The number of para-hydroxylation sites is 1. The number of hydrogen-bond acceptors (Lipinski definition) is 6. The minimum atomic E-state index is -1.61. The number of benzene rings is 1. The van der Waals surface area contributed by atoms with Gasteiger partial charge < -0.3 is 15.2 Å². The number of carbonyl (C=O) groups excluding carboxylic acids is 3. The largest absolute Gasteiger partial charge is 0.484 e. The first-order valence-electron chi connectivity index (χ1n) is 7.14. The number of carbonyl (C=O) groups is 4. The molecule has 2 amide bonds. The molecule has 134 valence electrons. The van der Waals surface area contributed by atoms with E-state index in [1.165, 1.54) is 6.92 Å². The molecule has 0 bridgehead atoms. The van der Waals surface area contributed by atoms with E-state index in [1.54, 1.807) is 30.3 Å². The second kappa shape index (κ2) is 8.21. The maximum atomic E-state index is 12.1. The molecule has 1 fully saturated rings. The van der Waals surface area contributed by atoms with Gasteiger partial charge in [0.15, 0.2) is 11.7 Å². The van der Waals surface area contributed by atoms with Crippen LogP contribution < -0.4 is 10.1 Å². The molecular weight excluding hydrogens is 372 g/mol. The maximum Gasteiger partial charge on any atom is 0.342 e. The lowest BCUT2D eigenvalue weighted by Gasteiger charge is -2.46. The van der Waals surface area contributed by atoms with E-state index in [4.69, 9.17) is 21.4 Å². The van der Waals surface area contributed by atoms with Crippen LogP contribution in [-0.4, -0.2) is 56.4 Å². The SMILES string of the molecule is CC(=O)S[C@@H]1[C@H](NC(=O)COc2ccccc2)C(=O)N1C(Cl)C(=O)O. The summed E-state index contributed by atoms with van der Waals surface area (Å²) in [6, 6.07) is 7.58. The van der Waals surface area contributed by atoms with Crippen LogP contribution in [0.5, 0.6) is 5.75 Å². The van der Waals surface area contributed by atoms with E-state index >= 15 is 0 Å². The summed E-state index contributed by atoms with van der Waals surface area (Å²) >= 11 is 6.40. The average Bonchev–Trinajstić information content (AvgIpc) is 2.57. The number of thioether (sulfide) groups is 1. The molecule has 0 spiro atoms. The molecule has 3 atom stereocenters. The van der Waals surface area contributed by atoms with Crippen molar-refractivity contribution in [1.29, 1.82) is 0 Å². The predicted octanol–water partition coefficient (Wildman–Crippen LogP) is 0.648. The van der Waals surface area contributed by atoms with Crippen LogP contribution in [0.2, 0.25) is 0 Å². The van der Waals surface area contributed by atoms with Gasteiger partial charge in [-0.25, -0.2) is 4.79 Å². The predicted molar refractivity (Wildman–Crippen MR) is 90.1 cm³/mol. The normalized spacial score (nSPS) is 20.4. The number of carboxylic acid groups (broad SMARTS) is 1. The molecule has 1 saturated heterocycles. The second-order valence-electron chi connectivity index (χ2n) is 5.07. The van der Waals surface area contributed by atoms with E-state index in [-0.39, 0.29) is 11.7 Å². The summed E-state index contributed by atoms with van der Waals surface area (Å²) in [5, 5.41) is 10.2. The number of ether oxygens (including phenoxy) is 1. The average molecular weight is 387 g/mol. The molecule has 1 aliphatic heterocycles. The van der Waals surface area contributed by atoms with Crippen molar-refractivity contribution in [3.05, 3.63) is 30.3 Å². The zero-order valence-corrected chi connectivity index (χ0v) is 14.6. The van der Waals surface area contributed by atoms with Gasteiger partial charge in [-0.2, -0.15) is 0 Å². The number of β-lactam (4-membered cyclic amide) rings is 1. The van der Waals surface area contributed by atoms with Crippen molar-refractivity contribution in [3.63, 3.8) is 0 Å². The van der Waals surface area contributed by atoms with Gasteiger partial charge in [-0.05, 0) is 12.1 Å². The van der Waals surface area contributed by atoms with Crippen LogP contribution in [0.25, 0.3) is 0 Å². The Morgan fingerprint density at radius 3 is 2.56 bits per heavy atom. The summed E-state index contributed by atoms with van der Waals surface area (Å²) in [5.41, 5.74) is -1.61. The smallest absolute Gasteiger partial charge is 0.342 e. The van der Waals surface area contributed by atoms with Gasteiger partial charge in [-0.3, -0.25) is 19.3 Å². The Hall–Kier alpha value is -2.26. The Kier molecular flexibility index (Phi) is 6.27. The van der Waals surface area contributed by atoms with Gasteiger partial charge in [0.2, 0.25) is 5.50 Å². The van der Waals surface area contributed by atoms with E-state index in [2.05, 4.69) is 5.32 Å². The van der Waals surface area contributed by atoms with E-state index in [0.29, 0.717) is 5.75 Å². The van der Waals surface area contributed by atoms with E-state index in [9.17, 15) is 19.2 Å². The Bertz CT molecular complexity index is 686. The third-order valence-corrected chi connectivity index (χ3v) is 4.71. The lowest BCUT2D eigenvalue weighted by molar-refractivity contribution is -0.157. The Balaban J connectivity index is 1.97. The highest BCUT2D eigenvalue weighted by atomic mass is 35.5. The maximum absolute atomic E-state index is 12.1. The van der Waals surface area contributed by atoms with Gasteiger partial charge >= 0.3 is 5.97 Å². The summed E-state index contributed by atoms with van der Waals surface area (Å²) in [4.78, 5) is 47.2. The molecule has 25 heavy (non-hydrogen) atoms. The lowest BCUT2D eigenvalue weighted by atomic mass is 10.1. The van der Waals surface area contributed by atoms with E-state index in [0.717, 1.165) is 16.7 Å². The molecule has 0 aliphatic carbocycles. The molecular formula is C15H15ClN2O6S. The van der Waals surface area contributed by atoms with Crippen molar-refractivity contribution >= 4 is 46.3 Å². The highest BCUT2D eigenvalue weighted by Crippen LogP contribution is 2.33. The van der Waals surface area contributed by atoms with Crippen LogP contribution in [0.4, 0.5) is 0 Å². The molecule has 1 aromatic carbocycles. The number of rotatable bonds is 7. The number of nitrogens with one attached hydrogen (secondary N) is 1. The Labute approximate surface area is 152 Å². The molecule has 2 N–H and O–H groups in total. The van der Waals surface area contributed by atoms with E-state index in [1.807, 2.05) is 0 Å². The van der Waals surface area contributed by atoms with Crippen molar-refractivity contribution in [2.45, 2.75) is 23.8 Å². The van der Waals surface area contributed by atoms with E-state index < -0.39 is 34.7 Å². The summed E-state index contributed by atoms with van der Waals surface area (Å²) in [6.45, 7) is 0.946. The van der Waals surface area contributed by atoms with Gasteiger partial charge in [-0.1, -0.05) is 41.6 Å². The summed E-state index contributed by atoms with van der Waals surface area (Å²) in [7, 11) is 0. The van der Waals surface area contributed by atoms with Gasteiger partial charge in [-0.15, -0.1) is 0 Å². The topological polar surface area (TPSA) is 113 Å². The van der Waals surface area contributed by atoms with Crippen LogP contribution in [0.15, 0.2) is 30.3 Å². The van der Waals surface area contributed by atoms with Crippen molar-refractivity contribution in [3.8, 4) is 5.75 Å². The first kappa shape index (κ1) is 19.1. The molecule has 1 unspecified atom stereocenters. The first-order chi connectivity index (χ1) is 11.8. The second-order valence-corrected chi connectivity index (χ2v) is 6.77.